The number of Topliss-reactive ketones (excluding diaryl/α,β-unsaturated/α-hetero) is 1. The molecule has 0 atom stereocenters. The number of hydrogen-bond donors (Lipinski definition) is 0. The molecule has 0 aliphatic heterocycles. The van der Waals surface area contributed by atoms with Gasteiger partial charge < -0.3 is 0 Å². The van der Waals surface area contributed by atoms with Crippen molar-refractivity contribution in [2.75, 3.05) is 0 Å². The third-order valence-corrected chi connectivity index (χ3v) is 2.28. The van der Waals surface area contributed by atoms with E-state index in [1.165, 1.54) is 5.56 Å². The zero-order valence-electron chi connectivity index (χ0n) is 9.21. The van der Waals surface area contributed by atoms with Gasteiger partial charge in [-0.25, -0.2) is 0 Å². The SMILES string of the molecule is BCc1ccc(C(=O)CC(C)C)cc1. The van der Waals surface area contributed by atoms with E-state index in [0.29, 0.717) is 12.3 Å². The van der Waals surface area contributed by atoms with Gasteiger partial charge >= 0.3 is 0 Å². The Bertz CT molecular complexity index is 301. The summed E-state index contributed by atoms with van der Waals surface area (Å²) in [6, 6.07) is 7.94. The van der Waals surface area contributed by atoms with Crippen molar-refractivity contribution < 1.29 is 4.79 Å². The van der Waals surface area contributed by atoms with Crippen LogP contribution in [-0.4, -0.2) is 13.6 Å². The lowest BCUT2D eigenvalue weighted by molar-refractivity contribution is 0.0968. The molecule has 0 bridgehead atoms. The molecule has 0 aliphatic rings. The minimum Gasteiger partial charge on any atom is -0.294 e. The maximum atomic E-state index is 11.7. The molecule has 74 valence electrons. The van der Waals surface area contributed by atoms with Crippen LogP contribution in [0.3, 0.4) is 0 Å². The molecule has 0 heterocycles. The molecule has 1 aromatic rings. The summed E-state index contributed by atoms with van der Waals surface area (Å²) in [4.78, 5) is 11.7. The second-order valence-electron chi connectivity index (χ2n) is 4.07. The molecular formula is C12H17BO. The Morgan fingerprint density at radius 1 is 1.29 bits per heavy atom. The Kier molecular flexibility index (Phi) is 3.93. The van der Waals surface area contributed by atoms with Gasteiger partial charge in [0.2, 0.25) is 0 Å². The van der Waals surface area contributed by atoms with Gasteiger partial charge in [0.05, 0.1) is 0 Å². The zero-order chi connectivity index (χ0) is 10.6. The van der Waals surface area contributed by atoms with Crippen LogP contribution >= 0.6 is 0 Å². The normalized spacial score (nSPS) is 10.5. The van der Waals surface area contributed by atoms with Crippen LogP contribution in [0.15, 0.2) is 24.3 Å². The fraction of sp³-hybridized carbons (Fsp3) is 0.417. The monoisotopic (exact) mass is 188 g/mol. The summed E-state index contributed by atoms with van der Waals surface area (Å²) >= 11 is 0. The molecule has 0 saturated carbocycles. The lowest BCUT2D eigenvalue weighted by Gasteiger charge is -2.04. The van der Waals surface area contributed by atoms with Crippen molar-refractivity contribution in [2.24, 2.45) is 5.92 Å². The quantitative estimate of drug-likeness (QED) is 0.522. The van der Waals surface area contributed by atoms with Gasteiger partial charge in [-0.15, -0.1) is 0 Å². The van der Waals surface area contributed by atoms with E-state index in [2.05, 4.69) is 21.7 Å². The molecule has 0 spiro atoms. The summed E-state index contributed by atoms with van der Waals surface area (Å²) in [5, 5.41) is 0. The zero-order valence-corrected chi connectivity index (χ0v) is 9.21. The van der Waals surface area contributed by atoms with E-state index in [1.54, 1.807) is 0 Å². The predicted octanol–water partition coefficient (Wildman–Crippen LogP) is 2.05. The fourth-order valence-corrected chi connectivity index (χ4v) is 1.41. The third kappa shape index (κ3) is 3.02. The van der Waals surface area contributed by atoms with E-state index >= 15 is 0 Å². The largest absolute Gasteiger partial charge is 0.294 e. The topological polar surface area (TPSA) is 17.1 Å². The minimum absolute atomic E-state index is 0.252. The summed E-state index contributed by atoms with van der Waals surface area (Å²) in [6.45, 7) is 4.14. The van der Waals surface area contributed by atoms with Crippen LogP contribution in [0.4, 0.5) is 0 Å². The average molecular weight is 188 g/mol. The molecule has 0 aromatic heterocycles. The van der Waals surface area contributed by atoms with Gasteiger partial charge in [0.15, 0.2) is 5.78 Å². The Hall–Kier alpha value is -1.05. The number of benzene rings is 1. The third-order valence-electron chi connectivity index (χ3n) is 2.28. The summed E-state index contributed by atoms with van der Waals surface area (Å²) in [5.74, 6) is 0.691. The Labute approximate surface area is 86.9 Å². The van der Waals surface area contributed by atoms with Crippen molar-refractivity contribution >= 4 is 13.6 Å². The highest BCUT2D eigenvalue weighted by Crippen LogP contribution is 2.10. The molecule has 14 heavy (non-hydrogen) atoms. The predicted molar refractivity (Wildman–Crippen MR) is 62.5 cm³/mol. The van der Waals surface area contributed by atoms with Crippen LogP contribution in [0.2, 0.25) is 0 Å². The first kappa shape index (κ1) is 11.0. The molecule has 0 amide bonds. The molecule has 0 unspecified atom stereocenters. The molecule has 0 fully saturated rings. The van der Waals surface area contributed by atoms with Gasteiger partial charge in [-0.05, 0) is 5.92 Å². The molecule has 0 saturated heterocycles. The Balaban J connectivity index is 2.71. The number of carbonyl (C=O) groups is 1. The van der Waals surface area contributed by atoms with Crippen molar-refractivity contribution in [1.82, 2.24) is 0 Å². The van der Waals surface area contributed by atoms with E-state index < -0.39 is 0 Å². The summed E-state index contributed by atoms with van der Waals surface area (Å²) < 4.78 is 0. The average Bonchev–Trinajstić information content (AvgIpc) is 2.17. The van der Waals surface area contributed by atoms with Gasteiger partial charge in [0.25, 0.3) is 0 Å². The number of hydrogen-bond acceptors (Lipinski definition) is 1. The molecule has 2 heteroatoms. The summed E-state index contributed by atoms with van der Waals surface area (Å²) in [5.41, 5.74) is 2.13. The first-order valence-corrected chi connectivity index (χ1v) is 5.25. The lowest BCUT2D eigenvalue weighted by atomic mass is 9.94. The Morgan fingerprint density at radius 2 is 1.86 bits per heavy atom. The van der Waals surface area contributed by atoms with Crippen molar-refractivity contribution in [3.8, 4) is 0 Å². The smallest absolute Gasteiger partial charge is 0.163 e. The second kappa shape index (κ2) is 4.99. The Morgan fingerprint density at radius 3 is 2.29 bits per heavy atom. The number of rotatable bonds is 4. The van der Waals surface area contributed by atoms with Gasteiger partial charge in [-0.1, -0.05) is 50.0 Å². The van der Waals surface area contributed by atoms with E-state index in [9.17, 15) is 4.79 Å². The second-order valence-corrected chi connectivity index (χ2v) is 4.07. The van der Waals surface area contributed by atoms with Crippen molar-refractivity contribution in [3.63, 3.8) is 0 Å². The maximum Gasteiger partial charge on any atom is 0.163 e. The van der Waals surface area contributed by atoms with Gasteiger partial charge in [-0.2, -0.15) is 0 Å². The van der Waals surface area contributed by atoms with Crippen LogP contribution in [0, 0.1) is 5.92 Å². The molecule has 0 aliphatic carbocycles. The van der Waals surface area contributed by atoms with Gasteiger partial charge in [-0.3, -0.25) is 4.79 Å². The van der Waals surface area contributed by atoms with E-state index in [0.717, 1.165) is 11.9 Å². The molecule has 0 radical (unpaired) electrons. The number of ketones is 1. The van der Waals surface area contributed by atoms with Crippen molar-refractivity contribution in [2.45, 2.75) is 26.6 Å². The van der Waals surface area contributed by atoms with Crippen LogP contribution in [0.5, 0.6) is 0 Å². The maximum absolute atomic E-state index is 11.7. The van der Waals surface area contributed by atoms with Gasteiger partial charge in [0.1, 0.15) is 7.85 Å². The summed E-state index contributed by atoms with van der Waals surface area (Å²) in [7, 11) is 2.12. The van der Waals surface area contributed by atoms with Crippen LogP contribution in [0.1, 0.15) is 36.2 Å². The standard InChI is InChI=1S/C12H17BO/c1-9(2)7-12(14)11-5-3-10(8-13)4-6-11/h3-6,9H,7-8,13H2,1-2H3. The highest BCUT2D eigenvalue weighted by Gasteiger charge is 2.07. The van der Waals surface area contributed by atoms with Crippen molar-refractivity contribution in [1.29, 1.82) is 0 Å². The first-order valence-electron chi connectivity index (χ1n) is 5.25. The fourth-order valence-electron chi connectivity index (χ4n) is 1.41. The van der Waals surface area contributed by atoms with E-state index in [4.69, 9.17) is 0 Å². The first-order chi connectivity index (χ1) is 6.63. The lowest BCUT2D eigenvalue weighted by Crippen LogP contribution is -2.03. The highest BCUT2D eigenvalue weighted by molar-refractivity contribution is 6.08. The van der Waals surface area contributed by atoms with Gasteiger partial charge in [0, 0.05) is 12.0 Å². The number of carbonyl (C=O) groups excluding carboxylic acids is 1. The molecule has 1 aromatic carbocycles. The van der Waals surface area contributed by atoms with Crippen LogP contribution in [0.25, 0.3) is 0 Å². The molecule has 1 rings (SSSR count). The molecular weight excluding hydrogens is 171 g/mol. The molecule has 0 N–H and O–H groups in total. The highest BCUT2D eigenvalue weighted by atomic mass is 16.1. The van der Waals surface area contributed by atoms with Crippen LogP contribution in [-0.2, 0) is 6.32 Å². The van der Waals surface area contributed by atoms with E-state index in [-0.39, 0.29) is 5.78 Å². The van der Waals surface area contributed by atoms with Crippen molar-refractivity contribution in [3.05, 3.63) is 35.4 Å². The minimum atomic E-state index is 0.252. The summed E-state index contributed by atoms with van der Waals surface area (Å²) in [6.07, 6.45) is 1.67. The van der Waals surface area contributed by atoms with E-state index in [1.807, 2.05) is 24.3 Å². The van der Waals surface area contributed by atoms with Crippen LogP contribution < -0.4 is 0 Å². The molecule has 1 nitrogen and oxygen atoms in total.